The highest BCUT2D eigenvalue weighted by Crippen LogP contribution is 2.53. The fourth-order valence-electron chi connectivity index (χ4n) is 6.12. The van der Waals surface area contributed by atoms with Gasteiger partial charge in [0.05, 0.1) is 33.2 Å². The lowest BCUT2D eigenvalue weighted by Gasteiger charge is -2.37. The smallest absolute Gasteiger partial charge is 0.294 e. The molecule has 2 amide bonds. The predicted octanol–water partition coefficient (Wildman–Crippen LogP) is 3.89. The van der Waals surface area contributed by atoms with Crippen LogP contribution in [0.25, 0.3) is 0 Å². The minimum Gasteiger partial charge on any atom is -0.367 e. The fourth-order valence-corrected chi connectivity index (χ4v) is 6.37. The average molecular weight is 479 g/mol. The van der Waals surface area contributed by atoms with Crippen LogP contribution in [0.15, 0.2) is 54.6 Å². The van der Waals surface area contributed by atoms with Crippen LogP contribution in [0.1, 0.15) is 6.42 Å². The lowest BCUT2D eigenvalue weighted by Crippen LogP contribution is -2.46. The highest BCUT2D eigenvalue weighted by Gasteiger charge is 2.59. The number of hydrogen-bond acceptors (Lipinski definition) is 6. The lowest BCUT2D eigenvalue weighted by atomic mass is 9.85. The molecule has 2 bridgehead atoms. The molecule has 2 heterocycles. The second-order valence-corrected chi connectivity index (χ2v) is 9.77. The van der Waals surface area contributed by atoms with Gasteiger partial charge in [-0.2, -0.15) is 0 Å². The number of anilines is 3. The average Bonchev–Trinajstić information content (AvgIpc) is 3.53. The van der Waals surface area contributed by atoms with Gasteiger partial charge in [-0.1, -0.05) is 35.9 Å². The van der Waals surface area contributed by atoms with E-state index in [-0.39, 0.29) is 46.9 Å². The third-order valence-electron chi connectivity index (χ3n) is 7.70. The zero-order valence-corrected chi connectivity index (χ0v) is 19.1. The van der Waals surface area contributed by atoms with Crippen LogP contribution in [0.3, 0.4) is 0 Å². The van der Waals surface area contributed by atoms with E-state index in [1.165, 1.54) is 11.0 Å². The molecule has 1 saturated carbocycles. The van der Waals surface area contributed by atoms with Gasteiger partial charge in [0.1, 0.15) is 5.69 Å². The Balaban J connectivity index is 1.25. The van der Waals surface area contributed by atoms with Crippen LogP contribution in [0.5, 0.6) is 0 Å². The Kier molecular flexibility index (Phi) is 4.88. The van der Waals surface area contributed by atoms with Crippen LogP contribution < -0.4 is 14.7 Å². The van der Waals surface area contributed by atoms with Gasteiger partial charge in [0.2, 0.25) is 11.8 Å². The van der Waals surface area contributed by atoms with Crippen molar-refractivity contribution < 1.29 is 14.5 Å². The summed E-state index contributed by atoms with van der Waals surface area (Å²) in [5, 5.41) is 12.7. The number of fused-ring (bicyclic) bond motifs is 5. The molecule has 0 aromatic heterocycles. The van der Waals surface area contributed by atoms with Crippen molar-refractivity contribution in [1.29, 1.82) is 0 Å². The molecule has 2 aromatic carbocycles. The van der Waals surface area contributed by atoms with E-state index in [1.807, 2.05) is 41.3 Å². The first kappa shape index (κ1) is 21.2. The number of rotatable bonds is 4. The van der Waals surface area contributed by atoms with Gasteiger partial charge in [0.15, 0.2) is 0 Å². The number of amides is 2. The topological polar surface area (TPSA) is 87.0 Å². The van der Waals surface area contributed by atoms with Crippen molar-refractivity contribution in [2.45, 2.75) is 6.42 Å². The number of para-hydroxylation sites is 1. The van der Waals surface area contributed by atoms with Gasteiger partial charge in [0, 0.05) is 32.2 Å². The van der Waals surface area contributed by atoms with Crippen molar-refractivity contribution in [2.75, 3.05) is 40.9 Å². The summed E-state index contributed by atoms with van der Waals surface area (Å²) in [5.41, 5.74) is 1.64. The van der Waals surface area contributed by atoms with E-state index < -0.39 is 4.92 Å². The van der Waals surface area contributed by atoms with Crippen LogP contribution >= 0.6 is 11.6 Å². The van der Waals surface area contributed by atoms with E-state index in [0.717, 1.165) is 12.1 Å². The number of nitro benzene ring substituents is 1. The Labute approximate surface area is 201 Å². The molecule has 4 atom stereocenters. The zero-order chi connectivity index (χ0) is 23.6. The van der Waals surface area contributed by atoms with Crippen molar-refractivity contribution in [2.24, 2.45) is 23.7 Å². The van der Waals surface area contributed by atoms with Crippen LogP contribution in [0.2, 0.25) is 5.02 Å². The Morgan fingerprint density at radius 3 is 2.03 bits per heavy atom. The van der Waals surface area contributed by atoms with E-state index in [1.54, 1.807) is 12.1 Å². The van der Waals surface area contributed by atoms with E-state index in [2.05, 4.69) is 4.90 Å². The molecule has 3 fully saturated rings. The molecule has 0 N–H and O–H groups in total. The Hall–Kier alpha value is -3.39. The third kappa shape index (κ3) is 3.12. The standard InChI is InChI=1S/C25H23ClN4O4/c26-18-3-1-2-4-19(18)27-9-11-28(12-10-27)20-8-7-17(14-21(20)30(33)34)29-24(31)22-15-5-6-16(13-15)23(22)25(29)32/h1-8,14-16,22-23H,9-13H2/t15-,16-,22-,23-/m0/s1. The second-order valence-electron chi connectivity index (χ2n) is 9.37. The first-order chi connectivity index (χ1) is 16.4. The summed E-state index contributed by atoms with van der Waals surface area (Å²) in [6, 6.07) is 12.3. The van der Waals surface area contributed by atoms with Crippen molar-refractivity contribution in [3.8, 4) is 0 Å². The molecule has 174 valence electrons. The van der Waals surface area contributed by atoms with Gasteiger partial charge < -0.3 is 9.80 Å². The van der Waals surface area contributed by atoms with E-state index in [0.29, 0.717) is 36.9 Å². The zero-order valence-electron chi connectivity index (χ0n) is 18.3. The largest absolute Gasteiger partial charge is 0.367 e. The van der Waals surface area contributed by atoms with Gasteiger partial charge in [-0.25, -0.2) is 4.90 Å². The summed E-state index contributed by atoms with van der Waals surface area (Å²) in [4.78, 5) is 43.1. The summed E-state index contributed by atoms with van der Waals surface area (Å²) in [7, 11) is 0. The number of nitro groups is 1. The van der Waals surface area contributed by atoms with Crippen LogP contribution in [-0.4, -0.2) is 42.9 Å². The summed E-state index contributed by atoms with van der Waals surface area (Å²) in [5.74, 6) is -0.942. The first-order valence-electron chi connectivity index (χ1n) is 11.5. The summed E-state index contributed by atoms with van der Waals surface area (Å²) >= 11 is 6.33. The number of allylic oxidation sites excluding steroid dienone is 2. The Morgan fingerprint density at radius 2 is 1.44 bits per heavy atom. The van der Waals surface area contributed by atoms with Crippen LogP contribution in [-0.2, 0) is 9.59 Å². The number of imide groups is 1. The molecule has 2 saturated heterocycles. The summed E-state index contributed by atoms with van der Waals surface area (Å²) in [6.45, 7) is 2.52. The molecule has 2 aromatic rings. The molecule has 2 aliphatic heterocycles. The number of piperazine rings is 1. The fraction of sp³-hybridized carbons (Fsp3) is 0.360. The normalized spacial score (nSPS) is 27.6. The molecule has 34 heavy (non-hydrogen) atoms. The Morgan fingerprint density at radius 1 is 0.853 bits per heavy atom. The molecular weight excluding hydrogens is 456 g/mol. The van der Waals surface area contributed by atoms with E-state index in [4.69, 9.17) is 11.6 Å². The third-order valence-corrected chi connectivity index (χ3v) is 8.02. The predicted molar refractivity (Wildman–Crippen MR) is 129 cm³/mol. The van der Waals surface area contributed by atoms with Crippen LogP contribution in [0, 0.1) is 33.8 Å². The SMILES string of the molecule is O=C1[C@@H]2[C@@H](C(=O)N1c1ccc(N3CCN(c4ccccc4Cl)CC3)c([N+](=O)[O-])c1)[C@H]1C=C[C@H]2C1. The number of halogens is 1. The lowest BCUT2D eigenvalue weighted by molar-refractivity contribution is -0.384. The number of nitrogens with zero attached hydrogens (tertiary/aromatic N) is 4. The number of carbonyl (C=O) groups is 2. The summed E-state index contributed by atoms with van der Waals surface area (Å²) < 4.78 is 0. The molecule has 6 rings (SSSR count). The van der Waals surface area contributed by atoms with E-state index >= 15 is 0 Å². The van der Waals surface area contributed by atoms with Gasteiger partial charge >= 0.3 is 0 Å². The molecule has 0 radical (unpaired) electrons. The summed E-state index contributed by atoms with van der Waals surface area (Å²) in [6.07, 6.45) is 4.92. The van der Waals surface area contributed by atoms with Crippen molar-refractivity contribution in [1.82, 2.24) is 0 Å². The van der Waals surface area contributed by atoms with Gasteiger partial charge in [-0.15, -0.1) is 0 Å². The molecule has 4 aliphatic rings. The molecule has 0 unspecified atom stereocenters. The number of hydrogen-bond donors (Lipinski definition) is 0. The molecule has 8 nitrogen and oxygen atoms in total. The minimum absolute atomic E-state index is 0.0950. The molecule has 0 spiro atoms. The van der Waals surface area contributed by atoms with Crippen molar-refractivity contribution in [3.05, 3.63) is 69.8 Å². The van der Waals surface area contributed by atoms with Crippen molar-refractivity contribution >= 4 is 46.2 Å². The minimum atomic E-state index is -0.434. The van der Waals surface area contributed by atoms with Crippen molar-refractivity contribution in [3.63, 3.8) is 0 Å². The quantitative estimate of drug-likeness (QED) is 0.287. The Bertz CT molecular complexity index is 1210. The maximum Gasteiger partial charge on any atom is 0.294 e. The number of benzene rings is 2. The van der Waals surface area contributed by atoms with E-state index in [9.17, 15) is 19.7 Å². The molecular formula is C25H23ClN4O4. The second kappa shape index (κ2) is 7.84. The number of carbonyl (C=O) groups excluding carboxylic acids is 2. The van der Waals surface area contributed by atoms with Gasteiger partial charge in [-0.3, -0.25) is 19.7 Å². The maximum absolute atomic E-state index is 13.1. The molecule has 9 heteroatoms. The highest BCUT2D eigenvalue weighted by molar-refractivity contribution is 6.33. The molecule has 2 aliphatic carbocycles. The van der Waals surface area contributed by atoms with Crippen LogP contribution in [0.4, 0.5) is 22.7 Å². The van der Waals surface area contributed by atoms with Gasteiger partial charge in [-0.05, 0) is 42.5 Å². The maximum atomic E-state index is 13.1. The first-order valence-corrected chi connectivity index (χ1v) is 11.9. The highest BCUT2D eigenvalue weighted by atomic mass is 35.5. The monoisotopic (exact) mass is 478 g/mol. The van der Waals surface area contributed by atoms with Gasteiger partial charge in [0.25, 0.3) is 5.69 Å².